The van der Waals surface area contributed by atoms with Crippen molar-refractivity contribution >= 4 is 5.97 Å². The van der Waals surface area contributed by atoms with E-state index in [-0.39, 0.29) is 11.7 Å². The van der Waals surface area contributed by atoms with Gasteiger partial charge >= 0.3 is 5.97 Å². The molecule has 0 spiro atoms. The van der Waals surface area contributed by atoms with Crippen molar-refractivity contribution in [1.82, 2.24) is 5.32 Å². The van der Waals surface area contributed by atoms with Gasteiger partial charge in [-0.2, -0.15) is 0 Å². The summed E-state index contributed by atoms with van der Waals surface area (Å²) in [5, 5.41) is 12.1. The molecule has 0 aliphatic rings. The first kappa shape index (κ1) is 14.4. The highest BCUT2D eigenvalue weighted by atomic mass is 19.1. The molecule has 0 radical (unpaired) electrons. The fourth-order valence-corrected chi connectivity index (χ4v) is 1.48. The Morgan fingerprint density at radius 1 is 1.50 bits per heavy atom. The van der Waals surface area contributed by atoms with Gasteiger partial charge in [-0.3, -0.25) is 4.79 Å². The van der Waals surface area contributed by atoms with Crippen LogP contribution in [-0.4, -0.2) is 24.2 Å². The molecular weight excluding hydrogens is 237 g/mol. The number of halogens is 1. The predicted molar refractivity (Wildman–Crippen MR) is 65.6 cm³/mol. The van der Waals surface area contributed by atoms with E-state index >= 15 is 0 Å². The summed E-state index contributed by atoms with van der Waals surface area (Å²) in [5.74, 6) is -1.17. The summed E-state index contributed by atoms with van der Waals surface area (Å²) in [7, 11) is 0. The summed E-state index contributed by atoms with van der Waals surface area (Å²) in [6.45, 7) is 3.33. The Morgan fingerprint density at radius 3 is 2.94 bits per heavy atom. The molecule has 0 fully saturated rings. The number of ether oxygens (including phenoxy) is 1. The molecule has 0 heterocycles. The van der Waals surface area contributed by atoms with Crippen LogP contribution in [-0.2, 0) is 16.1 Å². The molecule has 4 nitrogen and oxygen atoms in total. The lowest BCUT2D eigenvalue weighted by atomic mass is 10.2. The summed E-state index contributed by atoms with van der Waals surface area (Å²) in [5.41, 5.74) is 0.751. The summed E-state index contributed by atoms with van der Waals surface area (Å²) in [6.07, 6.45) is 1.06. The summed E-state index contributed by atoms with van der Waals surface area (Å²) < 4.78 is 17.8. The average molecular weight is 255 g/mol. The van der Waals surface area contributed by atoms with Gasteiger partial charge in [0.2, 0.25) is 0 Å². The zero-order valence-corrected chi connectivity index (χ0v) is 10.4. The van der Waals surface area contributed by atoms with Gasteiger partial charge in [0.25, 0.3) is 0 Å². The first-order chi connectivity index (χ1) is 8.63. The highest BCUT2D eigenvalue weighted by Crippen LogP contribution is 2.15. The van der Waals surface area contributed by atoms with Crippen molar-refractivity contribution in [2.24, 2.45) is 0 Å². The Morgan fingerprint density at radius 2 is 2.28 bits per heavy atom. The minimum Gasteiger partial charge on any atom is -0.505 e. The van der Waals surface area contributed by atoms with Crippen molar-refractivity contribution in [2.45, 2.75) is 26.3 Å². The molecule has 0 unspecified atom stereocenters. The van der Waals surface area contributed by atoms with Gasteiger partial charge in [-0.1, -0.05) is 6.07 Å². The second-order valence-corrected chi connectivity index (χ2v) is 3.87. The van der Waals surface area contributed by atoms with E-state index in [1.54, 1.807) is 13.0 Å². The number of carbonyl (C=O) groups is 1. The topological polar surface area (TPSA) is 58.6 Å². The highest BCUT2D eigenvalue weighted by molar-refractivity contribution is 5.69. The van der Waals surface area contributed by atoms with Crippen LogP contribution in [0.15, 0.2) is 18.2 Å². The molecule has 2 N–H and O–H groups in total. The fraction of sp³-hybridized carbons (Fsp3) is 0.462. The molecule has 0 bridgehead atoms. The maximum absolute atomic E-state index is 13.0. The molecular formula is C13H18FNO3. The number of hydrogen-bond acceptors (Lipinski definition) is 4. The Labute approximate surface area is 106 Å². The zero-order chi connectivity index (χ0) is 13.4. The number of benzene rings is 1. The van der Waals surface area contributed by atoms with Crippen LogP contribution < -0.4 is 5.32 Å². The van der Waals surface area contributed by atoms with Crippen LogP contribution >= 0.6 is 0 Å². The van der Waals surface area contributed by atoms with E-state index in [0.29, 0.717) is 32.5 Å². The smallest absolute Gasteiger partial charge is 0.305 e. The third kappa shape index (κ3) is 5.14. The Balaban J connectivity index is 2.18. The van der Waals surface area contributed by atoms with Gasteiger partial charge in [-0.15, -0.1) is 0 Å². The molecule has 0 aromatic heterocycles. The lowest BCUT2D eigenvalue weighted by Crippen LogP contribution is -2.16. The quantitative estimate of drug-likeness (QED) is 0.577. The first-order valence-corrected chi connectivity index (χ1v) is 5.97. The average Bonchev–Trinajstić information content (AvgIpc) is 2.33. The third-order valence-electron chi connectivity index (χ3n) is 2.38. The van der Waals surface area contributed by atoms with E-state index in [1.807, 2.05) is 0 Å². The van der Waals surface area contributed by atoms with E-state index in [1.165, 1.54) is 12.1 Å². The minimum absolute atomic E-state index is 0.199. The Hall–Kier alpha value is -1.62. The first-order valence-electron chi connectivity index (χ1n) is 5.97. The largest absolute Gasteiger partial charge is 0.505 e. The molecule has 0 aliphatic heterocycles. The van der Waals surface area contributed by atoms with Gasteiger partial charge in [0, 0.05) is 13.0 Å². The summed E-state index contributed by atoms with van der Waals surface area (Å²) >= 11 is 0. The Bertz CT molecular complexity index is 396. The number of rotatable bonds is 7. The van der Waals surface area contributed by atoms with E-state index in [0.717, 1.165) is 5.56 Å². The van der Waals surface area contributed by atoms with E-state index in [9.17, 15) is 9.18 Å². The maximum Gasteiger partial charge on any atom is 0.305 e. The lowest BCUT2D eigenvalue weighted by Gasteiger charge is -2.05. The van der Waals surface area contributed by atoms with Gasteiger partial charge in [0.1, 0.15) is 0 Å². The second kappa shape index (κ2) is 7.66. The van der Waals surface area contributed by atoms with Crippen molar-refractivity contribution in [3.05, 3.63) is 29.6 Å². The van der Waals surface area contributed by atoms with Crippen molar-refractivity contribution < 1.29 is 19.0 Å². The molecule has 1 aromatic carbocycles. The number of phenols is 1. The second-order valence-electron chi connectivity index (χ2n) is 3.87. The fourth-order valence-electron chi connectivity index (χ4n) is 1.48. The van der Waals surface area contributed by atoms with Crippen LogP contribution in [0.1, 0.15) is 25.3 Å². The SMILES string of the molecule is CCOC(=O)CCCNCc1ccc(O)c(F)c1. The molecule has 1 aromatic rings. The molecule has 5 heteroatoms. The highest BCUT2D eigenvalue weighted by Gasteiger charge is 2.02. The predicted octanol–water partition coefficient (Wildman–Crippen LogP) is 1.96. The molecule has 1 rings (SSSR count). The number of aromatic hydroxyl groups is 1. The van der Waals surface area contributed by atoms with Gasteiger partial charge in [0.15, 0.2) is 11.6 Å². The normalized spacial score (nSPS) is 10.3. The summed E-state index contributed by atoms with van der Waals surface area (Å²) in [4.78, 5) is 11.0. The molecule has 0 atom stereocenters. The molecule has 0 amide bonds. The zero-order valence-electron chi connectivity index (χ0n) is 10.4. The van der Waals surface area contributed by atoms with Crippen molar-refractivity contribution in [1.29, 1.82) is 0 Å². The number of hydrogen-bond donors (Lipinski definition) is 2. The van der Waals surface area contributed by atoms with Gasteiger partial charge < -0.3 is 15.2 Å². The lowest BCUT2D eigenvalue weighted by molar-refractivity contribution is -0.143. The van der Waals surface area contributed by atoms with Crippen LogP contribution in [0.2, 0.25) is 0 Å². The van der Waals surface area contributed by atoms with Crippen LogP contribution in [0.4, 0.5) is 4.39 Å². The standard InChI is InChI=1S/C13H18FNO3/c1-2-18-13(17)4-3-7-15-9-10-5-6-12(16)11(14)8-10/h5-6,8,15-16H,2-4,7,9H2,1H3. The van der Waals surface area contributed by atoms with E-state index in [4.69, 9.17) is 9.84 Å². The third-order valence-corrected chi connectivity index (χ3v) is 2.38. The molecule has 0 aliphatic carbocycles. The number of esters is 1. The molecule has 100 valence electrons. The van der Waals surface area contributed by atoms with E-state index in [2.05, 4.69) is 5.32 Å². The molecule has 0 saturated carbocycles. The van der Waals surface area contributed by atoms with E-state index < -0.39 is 5.82 Å². The molecule has 0 saturated heterocycles. The number of phenolic OH excluding ortho intramolecular Hbond substituents is 1. The van der Waals surface area contributed by atoms with Crippen LogP contribution in [0.5, 0.6) is 5.75 Å². The number of nitrogens with one attached hydrogen (secondary N) is 1. The van der Waals surface area contributed by atoms with Gasteiger partial charge in [-0.25, -0.2) is 4.39 Å². The van der Waals surface area contributed by atoms with Crippen LogP contribution in [0.25, 0.3) is 0 Å². The van der Waals surface area contributed by atoms with Crippen LogP contribution in [0.3, 0.4) is 0 Å². The van der Waals surface area contributed by atoms with Gasteiger partial charge in [-0.05, 0) is 37.6 Å². The Kier molecular flexibility index (Phi) is 6.14. The minimum atomic E-state index is -0.624. The van der Waals surface area contributed by atoms with Crippen molar-refractivity contribution in [3.63, 3.8) is 0 Å². The maximum atomic E-state index is 13.0. The van der Waals surface area contributed by atoms with Crippen LogP contribution in [0, 0.1) is 5.82 Å². The van der Waals surface area contributed by atoms with Gasteiger partial charge in [0.05, 0.1) is 6.61 Å². The monoisotopic (exact) mass is 255 g/mol. The molecule has 18 heavy (non-hydrogen) atoms. The van der Waals surface area contributed by atoms with Crippen molar-refractivity contribution in [2.75, 3.05) is 13.2 Å². The number of carbonyl (C=O) groups excluding carboxylic acids is 1. The summed E-state index contributed by atoms with van der Waals surface area (Å²) in [6, 6.07) is 4.26. The van der Waals surface area contributed by atoms with Crippen molar-refractivity contribution in [3.8, 4) is 5.75 Å².